The van der Waals surface area contributed by atoms with E-state index in [0.29, 0.717) is 27.8 Å². The first kappa shape index (κ1) is 25.3. The van der Waals surface area contributed by atoms with E-state index in [2.05, 4.69) is 15.6 Å². The number of nitrogens with zero attached hydrogens (tertiary/aromatic N) is 4. The van der Waals surface area contributed by atoms with Gasteiger partial charge in [-0.05, 0) is 61.7 Å². The Morgan fingerprint density at radius 1 is 1.03 bits per heavy atom. The number of hydrogen-bond donors (Lipinski definition) is 1. The van der Waals surface area contributed by atoms with Crippen LogP contribution in [0, 0.1) is 5.82 Å². The number of carbonyl (C=O) groups is 3. The van der Waals surface area contributed by atoms with Crippen LogP contribution in [-0.4, -0.2) is 38.6 Å². The highest BCUT2D eigenvalue weighted by molar-refractivity contribution is 6.03. The van der Waals surface area contributed by atoms with Crippen molar-refractivity contribution < 1.29 is 18.8 Å². The lowest BCUT2D eigenvalue weighted by Crippen LogP contribution is -2.47. The topological polar surface area (TPSA) is 97.2 Å². The molecule has 1 atom stereocenters. The number of aromatic nitrogens is 3. The molecule has 0 spiro atoms. The van der Waals surface area contributed by atoms with Gasteiger partial charge in [0, 0.05) is 17.3 Å². The number of anilines is 1. The maximum atomic E-state index is 14.1. The number of ketones is 1. The minimum atomic E-state index is -1.10. The average Bonchev–Trinajstić information content (AvgIpc) is 3.58. The van der Waals surface area contributed by atoms with Crippen LogP contribution in [0.1, 0.15) is 54.6 Å². The summed E-state index contributed by atoms with van der Waals surface area (Å²) in [7, 11) is 0. The molecule has 1 N–H and O–H groups in total. The van der Waals surface area contributed by atoms with Gasteiger partial charge >= 0.3 is 0 Å². The normalized spacial score (nSPS) is 14.4. The lowest BCUT2D eigenvalue weighted by atomic mass is 10.0. The molecule has 0 unspecified atom stereocenters. The van der Waals surface area contributed by atoms with E-state index < -0.39 is 17.8 Å². The molecule has 1 heterocycles. The molecule has 3 aromatic carbocycles. The van der Waals surface area contributed by atoms with Gasteiger partial charge in [-0.15, -0.1) is 5.10 Å². The van der Waals surface area contributed by atoms with Crippen LogP contribution in [0.15, 0.2) is 72.8 Å². The Morgan fingerprint density at radius 3 is 2.50 bits per heavy atom. The van der Waals surface area contributed by atoms with Crippen LogP contribution in [0.4, 0.5) is 10.1 Å². The van der Waals surface area contributed by atoms with Gasteiger partial charge in [0.1, 0.15) is 23.9 Å². The van der Waals surface area contributed by atoms with E-state index in [-0.39, 0.29) is 24.3 Å². The van der Waals surface area contributed by atoms with Crippen molar-refractivity contribution >= 4 is 34.3 Å². The van der Waals surface area contributed by atoms with E-state index in [1.165, 1.54) is 40.8 Å². The van der Waals surface area contributed by atoms with Crippen LogP contribution in [-0.2, 0) is 16.1 Å². The fourth-order valence-corrected chi connectivity index (χ4v) is 4.96. The summed E-state index contributed by atoms with van der Waals surface area (Å²) in [6.07, 6.45) is 3.77. The van der Waals surface area contributed by atoms with Gasteiger partial charge in [0.25, 0.3) is 0 Å². The van der Waals surface area contributed by atoms with Gasteiger partial charge in [-0.25, -0.2) is 9.07 Å². The highest BCUT2D eigenvalue weighted by Crippen LogP contribution is 2.31. The molecule has 2 amide bonds. The van der Waals surface area contributed by atoms with Crippen molar-refractivity contribution in [3.8, 4) is 0 Å². The van der Waals surface area contributed by atoms with Crippen LogP contribution >= 0.6 is 0 Å². The number of carbonyl (C=O) groups excluding carboxylic acids is 3. The predicted octanol–water partition coefficient (Wildman–Crippen LogP) is 4.61. The molecule has 0 saturated heterocycles. The summed E-state index contributed by atoms with van der Waals surface area (Å²) in [5.74, 6) is -1.42. The number of rotatable bonds is 8. The minimum absolute atomic E-state index is 0.00483. The number of nitrogens with one attached hydrogen (secondary N) is 1. The first-order chi connectivity index (χ1) is 18.4. The molecular formula is C29H28FN5O3. The largest absolute Gasteiger partial charge is 0.351 e. The van der Waals surface area contributed by atoms with E-state index in [9.17, 15) is 18.8 Å². The highest BCUT2D eigenvalue weighted by Gasteiger charge is 2.35. The van der Waals surface area contributed by atoms with Crippen LogP contribution in [0.3, 0.4) is 0 Å². The molecule has 1 aliphatic rings. The second kappa shape index (κ2) is 10.9. The van der Waals surface area contributed by atoms with Gasteiger partial charge < -0.3 is 5.32 Å². The third kappa shape index (κ3) is 5.32. The smallest absolute Gasteiger partial charge is 0.249 e. The molecule has 0 radical (unpaired) electrons. The Labute approximate surface area is 219 Å². The molecule has 194 valence electrons. The van der Waals surface area contributed by atoms with Crippen LogP contribution in [0.2, 0.25) is 0 Å². The zero-order chi connectivity index (χ0) is 26.6. The maximum Gasteiger partial charge on any atom is 0.249 e. The fourth-order valence-electron chi connectivity index (χ4n) is 4.96. The van der Waals surface area contributed by atoms with Gasteiger partial charge in [0.2, 0.25) is 11.8 Å². The number of halogens is 1. The summed E-state index contributed by atoms with van der Waals surface area (Å²) >= 11 is 0. The van der Waals surface area contributed by atoms with E-state index in [4.69, 9.17) is 0 Å². The fraction of sp³-hybridized carbons (Fsp3) is 0.276. The molecule has 1 aliphatic carbocycles. The number of para-hydroxylation sites is 1. The van der Waals surface area contributed by atoms with Gasteiger partial charge in [-0.1, -0.05) is 54.5 Å². The first-order valence-electron chi connectivity index (χ1n) is 12.7. The molecule has 5 rings (SSSR count). The summed E-state index contributed by atoms with van der Waals surface area (Å²) in [6, 6.07) is 18.4. The quantitative estimate of drug-likeness (QED) is 0.347. The van der Waals surface area contributed by atoms with Crippen LogP contribution in [0.25, 0.3) is 11.0 Å². The first-order valence-corrected chi connectivity index (χ1v) is 12.7. The van der Waals surface area contributed by atoms with E-state index in [1.807, 2.05) is 18.2 Å². The highest BCUT2D eigenvalue weighted by atomic mass is 19.1. The summed E-state index contributed by atoms with van der Waals surface area (Å²) in [4.78, 5) is 41.5. The minimum Gasteiger partial charge on any atom is -0.351 e. The Morgan fingerprint density at radius 2 is 1.76 bits per heavy atom. The molecule has 4 aromatic rings. The second-order valence-electron chi connectivity index (χ2n) is 9.55. The molecular weight excluding hydrogens is 485 g/mol. The summed E-state index contributed by atoms with van der Waals surface area (Å²) < 4.78 is 15.3. The number of benzene rings is 3. The molecule has 38 heavy (non-hydrogen) atoms. The summed E-state index contributed by atoms with van der Waals surface area (Å²) in [5.41, 5.74) is 2.54. The number of hydrogen-bond acceptors (Lipinski definition) is 5. The number of amides is 2. The third-order valence-electron chi connectivity index (χ3n) is 6.90. The molecule has 1 saturated carbocycles. The number of fused-ring (bicyclic) bond motifs is 1. The second-order valence-corrected chi connectivity index (χ2v) is 9.55. The van der Waals surface area contributed by atoms with E-state index in [0.717, 1.165) is 25.7 Å². The van der Waals surface area contributed by atoms with Crippen molar-refractivity contribution in [2.45, 2.75) is 51.2 Å². The molecule has 1 fully saturated rings. The molecule has 8 nitrogen and oxygen atoms in total. The lowest BCUT2D eigenvalue weighted by molar-refractivity contribution is -0.127. The average molecular weight is 514 g/mol. The maximum absolute atomic E-state index is 14.1. The van der Waals surface area contributed by atoms with Crippen molar-refractivity contribution in [2.24, 2.45) is 0 Å². The Balaban J connectivity index is 1.60. The molecule has 0 aliphatic heterocycles. The molecule has 0 bridgehead atoms. The van der Waals surface area contributed by atoms with Gasteiger partial charge in [0.05, 0.1) is 5.52 Å². The summed E-state index contributed by atoms with van der Waals surface area (Å²) in [5, 5.41) is 11.4. The Hall–Kier alpha value is -4.40. The van der Waals surface area contributed by atoms with Gasteiger partial charge in [-0.3, -0.25) is 19.3 Å². The molecule has 9 heteroatoms. The Bertz CT molecular complexity index is 1480. The van der Waals surface area contributed by atoms with Crippen molar-refractivity contribution in [3.05, 3.63) is 89.7 Å². The van der Waals surface area contributed by atoms with Gasteiger partial charge in [-0.2, -0.15) is 0 Å². The molecule has 1 aromatic heterocycles. The standard InChI is InChI=1S/C29H28FN5O3/c1-19(36)21-7-6-10-24(17-21)35(27(37)18-34-26-12-5-4-11-25(26)32-33-34)28(20-13-15-22(30)16-14-20)29(38)31-23-8-2-3-9-23/h4-7,10-17,23,28H,2-3,8-9,18H2,1H3,(H,31,38)/t28-/m0/s1. The Kier molecular flexibility index (Phi) is 7.26. The zero-order valence-corrected chi connectivity index (χ0v) is 21.0. The number of Topliss-reactive ketones (excluding diaryl/α,β-unsaturated/α-hetero) is 1. The van der Waals surface area contributed by atoms with Crippen molar-refractivity contribution in [2.75, 3.05) is 4.90 Å². The van der Waals surface area contributed by atoms with Gasteiger partial charge in [0.15, 0.2) is 5.78 Å². The van der Waals surface area contributed by atoms with E-state index >= 15 is 0 Å². The van der Waals surface area contributed by atoms with Crippen molar-refractivity contribution in [1.82, 2.24) is 20.3 Å². The predicted molar refractivity (Wildman–Crippen MR) is 141 cm³/mol. The van der Waals surface area contributed by atoms with Crippen LogP contribution in [0.5, 0.6) is 0 Å². The van der Waals surface area contributed by atoms with Crippen molar-refractivity contribution in [1.29, 1.82) is 0 Å². The third-order valence-corrected chi connectivity index (χ3v) is 6.90. The van der Waals surface area contributed by atoms with Crippen molar-refractivity contribution in [3.63, 3.8) is 0 Å². The lowest BCUT2D eigenvalue weighted by Gasteiger charge is -2.32. The van der Waals surface area contributed by atoms with E-state index in [1.54, 1.807) is 30.3 Å². The van der Waals surface area contributed by atoms with Crippen LogP contribution < -0.4 is 10.2 Å². The summed E-state index contributed by atoms with van der Waals surface area (Å²) in [6.45, 7) is 1.25. The zero-order valence-electron chi connectivity index (χ0n) is 21.0. The monoisotopic (exact) mass is 513 g/mol. The SMILES string of the molecule is CC(=O)c1cccc(N(C(=O)Cn2nnc3ccccc32)[C@H](C(=O)NC2CCCC2)c2ccc(F)cc2)c1.